The van der Waals surface area contributed by atoms with Crippen molar-refractivity contribution in [2.45, 2.75) is 32.7 Å². The lowest BCUT2D eigenvalue weighted by molar-refractivity contribution is -0.121. The molecule has 162 valence electrons. The summed E-state index contributed by atoms with van der Waals surface area (Å²) in [5.41, 5.74) is 3.48. The van der Waals surface area contributed by atoms with Crippen LogP contribution in [0.4, 0.5) is 5.69 Å². The van der Waals surface area contributed by atoms with Gasteiger partial charge in [0.2, 0.25) is 5.91 Å². The zero-order valence-electron chi connectivity index (χ0n) is 17.9. The number of anilines is 1. The zero-order valence-corrected chi connectivity index (χ0v) is 18.7. The first-order valence-corrected chi connectivity index (χ1v) is 11.0. The van der Waals surface area contributed by atoms with Crippen LogP contribution in [0.2, 0.25) is 5.02 Å². The summed E-state index contributed by atoms with van der Waals surface area (Å²) in [5.74, 6) is 1.35. The Morgan fingerprint density at radius 2 is 1.90 bits per heavy atom. The molecule has 5 nitrogen and oxygen atoms in total. The smallest absolute Gasteiger partial charge is 0.221 e. The number of likely N-dealkylation sites (tertiary alicyclic amines) is 1. The first kappa shape index (κ1) is 22.4. The van der Waals surface area contributed by atoms with Crippen LogP contribution in [0.15, 0.2) is 42.5 Å². The van der Waals surface area contributed by atoms with Crippen LogP contribution in [0.25, 0.3) is 0 Å². The summed E-state index contributed by atoms with van der Waals surface area (Å²) < 4.78 is 5.31. The molecule has 1 saturated heterocycles. The molecular weight excluding hydrogens is 398 g/mol. The minimum Gasteiger partial charge on any atom is -0.495 e. The Labute approximate surface area is 184 Å². The zero-order chi connectivity index (χ0) is 21.3. The van der Waals surface area contributed by atoms with Crippen LogP contribution in [0.3, 0.4) is 0 Å². The maximum absolute atomic E-state index is 12.2. The highest BCUT2D eigenvalue weighted by Crippen LogP contribution is 2.27. The average Bonchev–Trinajstić information content (AvgIpc) is 2.75. The van der Waals surface area contributed by atoms with Crippen molar-refractivity contribution >= 4 is 23.2 Å². The summed E-state index contributed by atoms with van der Waals surface area (Å²) in [5, 5.41) is 6.96. The third-order valence-corrected chi connectivity index (χ3v) is 5.89. The van der Waals surface area contributed by atoms with Crippen molar-refractivity contribution in [3.05, 3.63) is 58.6 Å². The topological polar surface area (TPSA) is 53.6 Å². The molecule has 1 amide bonds. The Hall–Kier alpha value is -2.24. The van der Waals surface area contributed by atoms with Crippen molar-refractivity contribution in [3.63, 3.8) is 0 Å². The largest absolute Gasteiger partial charge is 0.495 e. The van der Waals surface area contributed by atoms with E-state index in [0.717, 1.165) is 50.5 Å². The molecular formula is C24H32ClN3O2. The van der Waals surface area contributed by atoms with Gasteiger partial charge in [-0.15, -0.1) is 0 Å². The van der Waals surface area contributed by atoms with Crippen molar-refractivity contribution in [2.24, 2.45) is 5.92 Å². The number of nitrogens with zero attached hydrogens (tertiary/aromatic N) is 1. The van der Waals surface area contributed by atoms with Crippen molar-refractivity contribution in [1.82, 2.24) is 10.2 Å². The number of carbonyl (C=O) groups excluding carboxylic acids is 1. The summed E-state index contributed by atoms with van der Waals surface area (Å²) >= 11 is 6.03. The van der Waals surface area contributed by atoms with E-state index in [2.05, 4.69) is 46.7 Å². The maximum Gasteiger partial charge on any atom is 0.221 e. The summed E-state index contributed by atoms with van der Waals surface area (Å²) in [6, 6.07) is 14.2. The van der Waals surface area contributed by atoms with E-state index in [9.17, 15) is 4.79 Å². The van der Waals surface area contributed by atoms with Crippen LogP contribution in [-0.4, -0.2) is 44.1 Å². The second-order valence-corrected chi connectivity index (χ2v) is 8.47. The van der Waals surface area contributed by atoms with Gasteiger partial charge >= 0.3 is 0 Å². The van der Waals surface area contributed by atoms with E-state index < -0.39 is 0 Å². The van der Waals surface area contributed by atoms with Gasteiger partial charge in [-0.25, -0.2) is 0 Å². The molecule has 3 rings (SSSR count). The summed E-state index contributed by atoms with van der Waals surface area (Å²) in [7, 11) is 1.62. The van der Waals surface area contributed by atoms with Crippen LogP contribution in [0, 0.1) is 12.8 Å². The molecule has 0 aliphatic carbocycles. The molecule has 0 radical (unpaired) electrons. The Balaban J connectivity index is 1.32. The van der Waals surface area contributed by atoms with Gasteiger partial charge in [0.25, 0.3) is 0 Å². The normalized spacial score (nSPS) is 15.0. The van der Waals surface area contributed by atoms with Crippen molar-refractivity contribution < 1.29 is 9.53 Å². The molecule has 0 saturated carbocycles. The molecule has 6 heteroatoms. The molecule has 2 aromatic rings. The van der Waals surface area contributed by atoms with E-state index in [1.165, 1.54) is 11.1 Å². The highest BCUT2D eigenvalue weighted by atomic mass is 35.5. The molecule has 0 unspecified atom stereocenters. The van der Waals surface area contributed by atoms with Crippen molar-refractivity contribution in [3.8, 4) is 5.75 Å². The lowest BCUT2D eigenvalue weighted by Gasteiger charge is -2.32. The Morgan fingerprint density at radius 3 is 2.60 bits per heavy atom. The minimum atomic E-state index is 0.0746. The lowest BCUT2D eigenvalue weighted by atomic mass is 9.96. The third kappa shape index (κ3) is 6.92. The lowest BCUT2D eigenvalue weighted by Crippen LogP contribution is -2.38. The Morgan fingerprint density at radius 1 is 1.17 bits per heavy atom. The van der Waals surface area contributed by atoms with Gasteiger partial charge in [-0.3, -0.25) is 9.69 Å². The van der Waals surface area contributed by atoms with Crippen LogP contribution < -0.4 is 15.4 Å². The number of benzene rings is 2. The fourth-order valence-corrected chi connectivity index (χ4v) is 3.95. The van der Waals surface area contributed by atoms with E-state index in [4.69, 9.17) is 16.3 Å². The first-order chi connectivity index (χ1) is 14.5. The van der Waals surface area contributed by atoms with Gasteiger partial charge in [0.1, 0.15) is 5.75 Å². The van der Waals surface area contributed by atoms with Gasteiger partial charge in [0.05, 0.1) is 12.8 Å². The number of methoxy groups -OCH3 is 1. The van der Waals surface area contributed by atoms with Crippen LogP contribution in [0.1, 0.15) is 30.4 Å². The molecule has 1 aliphatic heterocycles. The van der Waals surface area contributed by atoms with E-state index in [0.29, 0.717) is 23.9 Å². The molecule has 1 heterocycles. The molecule has 30 heavy (non-hydrogen) atoms. The number of halogens is 1. The molecule has 0 aromatic heterocycles. The quantitative estimate of drug-likeness (QED) is 0.616. The maximum atomic E-state index is 12.2. The Kier molecular flexibility index (Phi) is 8.40. The van der Waals surface area contributed by atoms with Crippen LogP contribution >= 0.6 is 11.6 Å². The predicted octanol–water partition coefficient (Wildman–Crippen LogP) is 4.49. The van der Waals surface area contributed by atoms with E-state index in [1.807, 2.05) is 12.1 Å². The van der Waals surface area contributed by atoms with E-state index >= 15 is 0 Å². The SMILES string of the molecule is COc1ccc(Cl)cc1NCCC(=O)NCC1CCN(Cc2ccc(C)cc2)CC1. The number of amides is 1. The fraction of sp³-hybridized carbons (Fsp3) is 0.458. The fourth-order valence-electron chi connectivity index (χ4n) is 3.78. The number of piperidine rings is 1. The highest BCUT2D eigenvalue weighted by molar-refractivity contribution is 6.30. The molecule has 0 spiro atoms. The standard InChI is InChI=1S/C24H32ClN3O2/c1-18-3-5-20(6-4-18)17-28-13-10-19(11-14-28)16-27-24(29)9-12-26-22-15-21(25)7-8-23(22)30-2/h3-8,15,19,26H,9-14,16-17H2,1-2H3,(H,27,29). The minimum absolute atomic E-state index is 0.0746. The van der Waals surface area contributed by atoms with Crippen LogP contribution in [0.5, 0.6) is 5.75 Å². The number of hydrogen-bond acceptors (Lipinski definition) is 4. The number of hydrogen-bond donors (Lipinski definition) is 2. The monoisotopic (exact) mass is 429 g/mol. The molecule has 1 fully saturated rings. The summed E-state index contributed by atoms with van der Waals surface area (Å²) in [4.78, 5) is 14.7. The Bertz CT molecular complexity index is 818. The van der Waals surface area contributed by atoms with Gasteiger partial charge in [0, 0.05) is 31.1 Å². The summed E-state index contributed by atoms with van der Waals surface area (Å²) in [6.45, 7) is 6.61. The number of ether oxygens (including phenoxy) is 1. The molecule has 2 N–H and O–H groups in total. The number of aryl methyl sites for hydroxylation is 1. The average molecular weight is 430 g/mol. The van der Waals surface area contributed by atoms with E-state index in [1.54, 1.807) is 13.2 Å². The second kappa shape index (κ2) is 11.2. The molecule has 1 aliphatic rings. The first-order valence-electron chi connectivity index (χ1n) is 10.7. The van der Waals surface area contributed by atoms with Crippen molar-refractivity contribution in [2.75, 3.05) is 38.6 Å². The van der Waals surface area contributed by atoms with Gasteiger partial charge in [-0.1, -0.05) is 41.4 Å². The second-order valence-electron chi connectivity index (χ2n) is 8.03. The van der Waals surface area contributed by atoms with Gasteiger partial charge in [-0.2, -0.15) is 0 Å². The third-order valence-electron chi connectivity index (χ3n) is 5.65. The van der Waals surface area contributed by atoms with Crippen molar-refractivity contribution in [1.29, 1.82) is 0 Å². The predicted molar refractivity (Wildman–Crippen MR) is 123 cm³/mol. The molecule has 2 aromatic carbocycles. The van der Waals surface area contributed by atoms with Gasteiger partial charge in [-0.05, 0) is 62.5 Å². The van der Waals surface area contributed by atoms with E-state index in [-0.39, 0.29) is 5.91 Å². The highest BCUT2D eigenvalue weighted by Gasteiger charge is 2.19. The van der Waals surface area contributed by atoms with Gasteiger partial charge in [0.15, 0.2) is 0 Å². The molecule has 0 atom stereocenters. The number of carbonyl (C=O) groups is 1. The van der Waals surface area contributed by atoms with Crippen LogP contribution in [-0.2, 0) is 11.3 Å². The van der Waals surface area contributed by atoms with Gasteiger partial charge < -0.3 is 15.4 Å². The summed E-state index contributed by atoms with van der Waals surface area (Å²) in [6.07, 6.45) is 2.68. The number of nitrogens with one attached hydrogen (secondary N) is 2. The number of rotatable bonds is 9. The molecule has 0 bridgehead atoms.